The van der Waals surface area contributed by atoms with Crippen molar-refractivity contribution in [1.29, 1.82) is 0 Å². The highest BCUT2D eigenvalue weighted by atomic mass is 127. The van der Waals surface area contributed by atoms with Gasteiger partial charge in [-0.05, 0) is 47.6 Å². The summed E-state index contributed by atoms with van der Waals surface area (Å²) in [6.45, 7) is 1.84. The SMILES string of the molecule is O=C(c1ccccc1I)N1CCCCCC1. The monoisotopic (exact) mass is 329 g/mol. The number of hydrogen-bond donors (Lipinski definition) is 0. The molecule has 1 amide bonds. The quantitative estimate of drug-likeness (QED) is 0.724. The summed E-state index contributed by atoms with van der Waals surface area (Å²) in [5, 5.41) is 0. The van der Waals surface area contributed by atoms with E-state index in [-0.39, 0.29) is 5.91 Å². The van der Waals surface area contributed by atoms with Crippen LogP contribution in [0.2, 0.25) is 0 Å². The van der Waals surface area contributed by atoms with Gasteiger partial charge in [0.05, 0.1) is 5.56 Å². The van der Waals surface area contributed by atoms with Gasteiger partial charge in [0.15, 0.2) is 0 Å². The van der Waals surface area contributed by atoms with Gasteiger partial charge in [-0.15, -0.1) is 0 Å². The van der Waals surface area contributed by atoms with Crippen molar-refractivity contribution < 1.29 is 4.79 Å². The van der Waals surface area contributed by atoms with Crippen LogP contribution in [-0.4, -0.2) is 23.9 Å². The lowest BCUT2D eigenvalue weighted by Gasteiger charge is -2.20. The molecule has 0 radical (unpaired) electrons. The Hall–Kier alpha value is -0.580. The normalized spacial score (nSPS) is 16.9. The van der Waals surface area contributed by atoms with Crippen molar-refractivity contribution in [3.05, 3.63) is 33.4 Å². The molecule has 1 saturated heterocycles. The predicted octanol–water partition coefficient (Wildman–Crippen LogP) is 3.31. The van der Waals surface area contributed by atoms with Crippen LogP contribution in [0.3, 0.4) is 0 Å². The highest BCUT2D eigenvalue weighted by molar-refractivity contribution is 14.1. The third-order valence-corrected chi connectivity index (χ3v) is 3.94. The molecule has 1 fully saturated rings. The van der Waals surface area contributed by atoms with E-state index >= 15 is 0 Å². The summed E-state index contributed by atoms with van der Waals surface area (Å²) in [4.78, 5) is 14.3. The molecule has 86 valence electrons. The molecule has 1 aliphatic heterocycles. The first-order chi connectivity index (χ1) is 7.79. The number of hydrogen-bond acceptors (Lipinski definition) is 1. The maximum Gasteiger partial charge on any atom is 0.254 e. The molecule has 0 spiro atoms. The average Bonchev–Trinajstić information content (AvgIpc) is 2.57. The fourth-order valence-electron chi connectivity index (χ4n) is 2.08. The van der Waals surface area contributed by atoms with Crippen molar-refractivity contribution in [3.63, 3.8) is 0 Å². The second-order valence-electron chi connectivity index (χ2n) is 4.19. The van der Waals surface area contributed by atoms with Gasteiger partial charge in [-0.3, -0.25) is 4.79 Å². The number of benzene rings is 1. The van der Waals surface area contributed by atoms with E-state index in [9.17, 15) is 4.79 Å². The zero-order valence-corrected chi connectivity index (χ0v) is 11.4. The van der Waals surface area contributed by atoms with Crippen LogP contribution >= 0.6 is 22.6 Å². The maximum absolute atomic E-state index is 12.3. The van der Waals surface area contributed by atoms with Gasteiger partial charge < -0.3 is 4.90 Å². The van der Waals surface area contributed by atoms with Crippen LogP contribution in [0.25, 0.3) is 0 Å². The molecule has 1 aromatic rings. The Labute approximate surface area is 110 Å². The number of carbonyl (C=O) groups excluding carboxylic acids is 1. The number of nitrogens with zero attached hydrogens (tertiary/aromatic N) is 1. The fraction of sp³-hybridized carbons (Fsp3) is 0.462. The molecule has 0 aromatic heterocycles. The van der Waals surface area contributed by atoms with E-state index in [4.69, 9.17) is 0 Å². The van der Waals surface area contributed by atoms with E-state index in [1.165, 1.54) is 12.8 Å². The molecular weight excluding hydrogens is 313 g/mol. The van der Waals surface area contributed by atoms with Gasteiger partial charge >= 0.3 is 0 Å². The lowest BCUT2D eigenvalue weighted by Crippen LogP contribution is -2.32. The summed E-state index contributed by atoms with van der Waals surface area (Å²) in [6, 6.07) is 7.83. The molecule has 3 heteroatoms. The summed E-state index contributed by atoms with van der Waals surface area (Å²) in [5.74, 6) is 0.201. The van der Waals surface area contributed by atoms with Crippen molar-refractivity contribution in [3.8, 4) is 0 Å². The minimum absolute atomic E-state index is 0.201. The van der Waals surface area contributed by atoms with E-state index < -0.39 is 0 Å². The molecule has 0 atom stereocenters. The second kappa shape index (κ2) is 5.66. The highest BCUT2D eigenvalue weighted by Gasteiger charge is 2.18. The topological polar surface area (TPSA) is 20.3 Å². The first kappa shape index (κ1) is 11.9. The summed E-state index contributed by atoms with van der Waals surface area (Å²) in [6.07, 6.45) is 4.82. The zero-order valence-electron chi connectivity index (χ0n) is 9.29. The summed E-state index contributed by atoms with van der Waals surface area (Å²) >= 11 is 2.23. The van der Waals surface area contributed by atoms with Crippen molar-refractivity contribution >= 4 is 28.5 Å². The van der Waals surface area contributed by atoms with Crippen LogP contribution in [0.1, 0.15) is 36.0 Å². The first-order valence-electron chi connectivity index (χ1n) is 5.83. The van der Waals surface area contributed by atoms with Crippen LogP contribution in [0.15, 0.2) is 24.3 Å². The molecule has 0 unspecified atom stereocenters. The Bertz CT molecular complexity index is 370. The Morgan fingerprint density at radius 2 is 1.69 bits per heavy atom. The largest absolute Gasteiger partial charge is 0.339 e. The number of amides is 1. The average molecular weight is 329 g/mol. The van der Waals surface area contributed by atoms with Crippen molar-refractivity contribution in [2.45, 2.75) is 25.7 Å². The van der Waals surface area contributed by atoms with Crippen LogP contribution < -0.4 is 0 Å². The maximum atomic E-state index is 12.3. The Balaban J connectivity index is 2.14. The van der Waals surface area contributed by atoms with Gasteiger partial charge in [0.25, 0.3) is 5.91 Å². The molecule has 0 N–H and O–H groups in total. The molecule has 1 aliphatic rings. The Morgan fingerprint density at radius 1 is 1.06 bits per heavy atom. The van der Waals surface area contributed by atoms with Gasteiger partial charge in [-0.1, -0.05) is 25.0 Å². The molecule has 2 nitrogen and oxygen atoms in total. The number of carbonyl (C=O) groups is 1. The molecule has 0 bridgehead atoms. The van der Waals surface area contributed by atoms with E-state index in [0.717, 1.165) is 35.1 Å². The minimum Gasteiger partial charge on any atom is -0.339 e. The lowest BCUT2D eigenvalue weighted by molar-refractivity contribution is 0.0760. The Morgan fingerprint density at radius 3 is 2.31 bits per heavy atom. The van der Waals surface area contributed by atoms with E-state index in [1.54, 1.807) is 0 Å². The van der Waals surface area contributed by atoms with Gasteiger partial charge in [0.1, 0.15) is 0 Å². The first-order valence-corrected chi connectivity index (χ1v) is 6.91. The minimum atomic E-state index is 0.201. The predicted molar refractivity (Wildman–Crippen MR) is 73.5 cm³/mol. The van der Waals surface area contributed by atoms with E-state index in [0.29, 0.717) is 0 Å². The van der Waals surface area contributed by atoms with E-state index in [1.807, 2.05) is 29.2 Å². The van der Waals surface area contributed by atoms with Gasteiger partial charge in [0.2, 0.25) is 0 Å². The van der Waals surface area contributed by atoms with Crippen LogP contribution in [0.5, 0.6) is 0 Å². The Kier molecular flexibility index (Phi) is 4.21. The number of likely N-dealkylation sites (tertiary alicyclic amines) is 1. The van der Waals surface area contributed by atoms with Crippen LogP contribution in [-0.2, 0) is 0 Å². The van der Waals surface area contributed by atoms with Crippen molar-refractivity contribution in [1.82, 2.24) is 4.90 Å². The molecular formula is C13H16INO. The van der Waals surface area contributed by atoms with Crippen LogP contribution in [0, 0.1) is 3.57 Å². The molecule has 2 rings (SSSR count). The van der Waals surface area contributed by atoms with Crippen molar-refractivity contribution in [2.75, 3.05) is 13.1 Å². The summed E-state index contributed by atoms with van der Waals surface area (Å²) < 4.78 is 1.05. The smallest absolute Gasteiger partial charge is 0.254 e. The third-order valence-electron chi connectivity index (χ3n) is 3.00. The van der Waals surface area contributed by atoms with E-state index in [2.05, 4.69) is 22.6 Å². The number of halogens is 1. The molecule has 0 saturated carbocycles. The molecule has 1 aromatic carbocycles. The fourth-order valence-corrected chi connectivity index (χ4v) is 2.70. The van der Waals surface area contributed by atoms with Gasteiger partial charge in [-0.2, -0.15) is 0 Å². The summed E-state index contributed by atoms with van der Waals surface area (Å²) in [7, 11) is 0. The standard InChI is InChI=1S/C13H16INO/c14-12-8-4-3-7-11(12)13(16)15-9-5-1-2-6-10-15/h3-4,7-8H,1-2,5-6,9-10H2. The summed E-state index contributed by atoms with van der Waals surface area (Å²) in [5.41, 5.74) is 0.852. The molecule has 1 heterocycles. The van der Waals surface area contributed by atoms with Crippen LogP contribution in [0.4, 0.5) is 0 Å². The van der Waals surface area contributed by atoms with Crippen molar-refractivity contribution in [2.24, 2.45) is 0 Å². The third kappa shape index (κ3) is 2.75. The van der Waals surface area contributed by atoms with Gasteiger partial charge in [0, 0.05) is 16.7 Å². The molecule has 16 heavy (non-hydrogen) atoms. The lowest BCUT2D eigenvalue weighted by atomic mass is 10.2. The number of rotatable bonds is 1. The van der Waals surface area contributed by atoms with Gasteiger partial charge in [-0.25, -0.2) is 0 Å². The molecule has 0 aliphatic carbocycles. The highest BCUT2D eigenvalue weighted by Crippen LogP contribution is 2.17. The zero-order chi connectivity index (χ0) is 11.4. The second-order valence-corrected chi connectivity index (χ2v) is 5.35.